The van der Waals surface area contributed by atoms with Crippen LogP contribution in [0, 0.1) is 0 Å². The van der Waals surface area contributed by atoms with Crippen molar-refractivity contribution in [1.82, 2.24) is 0 Å². The maximum atomic E-state index is 11.2. The molecule has 2 aromatic carbocycles. The van der Waals surface area contributed by atoms with Gasteiger partial charge in [-0.25, -0.2) is 4.70 Å². The highest BCUT2D eigenvalue weighted by molar-refractivity contribution is 5.78. The molecule has 0 saturated carbocycles. The highest BCUT2D eigenvalue weighted by atomic mass is 15.2. The molecule has 170 valence electrons. The molecule has 0 spiro atoms. The molecule has 0 N–H and O–H groups in total. The lowest BCUT2D eigenvalue weighted by Crippen LogP contribution is -2.02. The van der Waals surface area contributed by atoms with Crippen molar-refractivity contribution in [2.24, 2.45) is 0 Å². The van der Waals surface area contributed by atoms with E-state index in [1.165, 1.54) is 59.9 Å². The molecule has 32 heavy (non-hydrogen) atoms. The first kappa shape index (κ1) is 24.2. The molecular weight excluding hydrogens is 388 g/mol. The summed E-state index contributed by atoms with van der Waals surface area (Å²) in [6.07, 6.45) is 15.3. The zero-order valence-corrected chi connectivity index (χ0v) is 20.4. The van der Waals surface area contributed by atoms with E-state index in [2.05, 4.69) is 75.4 Å². The first-order chi connectivity index (χ1) is 15.7. The molecule has 0 radical (unpaired) electrons. The Morgan fingerprint density at radius 3 is 1.72 bits per heavy atom. The number of aryl methyl sites for hydroxylation is 2. The minimum Gasteiger partial charge on any atom is -0.493 e. The molecule has 0 bridgehead atoms. The maximum Gasteiger partial charge on any atom is 0.210 e. The topological polar surface area (TPSA) is 25.3 Å². The molecule has 0 aromatic heterocycles. The maximum absolute atomic E-state index is 11.2. The molecule has 0 atom stereocenters. The van der Waals surface area contributed by atoms with Crippen LogP contribution in [0.1, 0.15) is 101 Å². The summed E-state index contributed by atoms with van der Waals surface area (Å²) in [6.45, 7) is 6.70. The fourth-order valence-electron chi connectivity index (χ4n) is 4.43. The molecule has 1 heterocycles. The Bertz CT molecular complexity index is 930. The predicted octanol–water partition coefficient (Wildman–Crippen LogP) is 9.14. The van der Waals surface area contributed by atoms with Gasteiger partial charge < -0.3 is 5.53 Å². The molecule has 2 aromatic rings. The highest BCUT2D eigenvalue weighted by Gasteiger charge is 2.28. The van der Waals surface area contributed by atoms with Gasteiger partial charge in [-0.05, 0) is 73.9 Å². The van der Waals surface area contributed by atoms with E-state index in [9.17, 15) is 5.53 Å². The lowest BCUT2D eigenvalue weighted by Gasteiger charge is -2.11. The lowest BCUT2D eigenvalue weighted by atomic mass is 10.00. The summed E-state index contributed by atoms with van der Waals surface area (Å²) in [6, 6.07) is 17.6. The molecule has 0 unspecified atom stereocenters. The number of rotatable bonds is 13. The summed E-state index contributed by atoms with van der Waals surface area (Å²) >= 11 is 0. The fraction of sp³-hybridized carbons (Fsp3) is 0.467. The Hall–Kier alpha value is -2.48. The van der Waals surface area contributed by atoms with E-state index >= 15 is 0 Å². The number of allylic oxidation sites excluding steroid dienone is 2. The Morgan fingerprint density at radius 1 is 0.594 bits per heavy atom. The molecule has 0 saturated heterocycles. The normalized spacial score (nSPS) is 13.7. The first-order valence-electron chi connectivity index (χ1n) is 12.8. The van der Waals surface area contributed by atoms with Crippen LogP contribution in [0.5, 0.6) is 0 Å². The van der Waals surface area contributed by atoms with Gasteiger partial charge in [0.1, 0.15) is 0 Å². The van der Waals surface area contributed by atoms with E-state index in [-0.39, 0.29) is 0 Å². The summed E-state index contributed by atoms with van der Waals surface area (Å²) in [5.74, 6) is 0. The summed E-state index contributed by atoms with van der Waals surface area (Å²) in [5, 5.41) is 0. The van der Waals surface area contributed by atoms with Crippen LogP contribution in [0.2, 0.25) is 0 Å². The molecule has 0 aliphatic carbocycles. The first-order valence-corrected chi connectivity index (χ1v) is 12.8. The third-order valence-corrected chi connectivity index (χ3v) is 6.47. The van der Waals surface area contributed by atoms with Crippen LogP contribution in [0.4, 0.5) is 0 Å². The van der Waals surface area contributed by atoms with E-state index < -0.39 is 0 Å². The van der Waals surface area contributed by atoms with Crippen molar-refractivity contribution in [3.63, 3.8) is 0 Å². The molecule has 2 nitrogen and oxygen atoms in total. The Balaban J connectivity index is 1.78. The quantitative estimate of drug-likeness (QED) is 0.224. The van der Waals surface area contributed by atoms with Crippen molar-refractivity contribution < 1.29 is 4.70 Å². The van der Waals surface area contributed by atoms with Crippen LogP contribution >= 0.6 is 0 Å². The molecule has 1 aliphatic heterocycles. The fourth-order valence-corrected chi connectivity index (χ4v) is 4.43. The second-order valence-corrected chi connectivity index (χ2v) is 9.13. The second kappa shape index (κ2) is 12.5. The van der Waals surface area contributed by atoms with E-state index in [0.717, 1.165) is 54.6 Å². The minimum atomic E-state index is 0.886. The predicted molar refractivity (Wildman–Crippen MR) is 137 cm³/mol. The molecule has 0 fully saturated rings. The molecule has 2 heteroatoms. The van der Waals surface area contributed by atoms with E-state index in [4.69, 9.17) is 0 Å². The van der Waals surface area contributed by atoms with Gasteiger partial charge in [0, 0.05) is 22.8 Å². The third-order valence-electron chi connectivity index (χ3n) is 6.47. The Labute approximate surface area is 195 Å². The number of nitrogens with zero attached hydrogens (tertiary/aromatic N) is 2. The Kier molecular flexibility index (Phi) is 9.46. The average Bonchev–Trinajstić information content (AvgIpc) is 3.15. The van der Waals surface area contributed by atoms with Gasteiger partial charge >= 0.3 is 0 Å². The second-order valence-electron chi connectivity index (χ2n) is 9.13. The van der Waals surface area contributed by atoms with Crippen molar-refractivity contribution in [2.75, 3.05) is 0 Å². The molecule has 3 rings (SSSR count). The van der Waals surface area contributed by atoms with Gasteiger partial charge in [0.15, 0.2) is 0 Å². The van der Waals surface area contributed by atoms with Gasteiger partial charge in [0.2, 0.25) is 11.4 Å². The van der Waals surface area contributed by atoms with Crippen LogP contribution in [-0.2, 0) is 12.8 Å². The summed E-state index contributed by atoms with van der Waals surface area (Å²) < 4.78 is 1.42. The van der Waals surface area contributed by atoms with Crippen LogP contribution in [0.3, 0.4) is 0 Å². The van der Waals surface area contributed by atoms with Crippen LogP contribution in [0.15, 0.2) is 60.2 Å². The van der Waals surface area contributed by atoms with E-state index in [1.54, 1.807) is 0 Å². The number of benzene rings is 2. The summed E-state index contributed by atoms with van der Waals surface area (Å²) in [5.41, 5.74) is 19.2. The number of hydrogen-bond donors (Lipinski definition) is 0. The number of unbranched alkanes of at least 4 members (excludes halogenated alkanes) is 5. The molecule has 1 aliphatic rings. The van der Waals surface area contributed by atoms with Crippen molar-refractivity contribution in [1.29, 1.82) is 0 Å². The lowest BCUT2D eigenvalue weighted by molar-refractivity contribution is -0.344. The van der Waals surface area contributed by atoms with Gasteiger partial charge in [0.25, 0.3) is 0 Å². The zero-order valence-electron chi connectivity index (χ0n) is 20.4. The van der Waals surface area contributed by atoms with Gasteiger partial charge in [-0.3, -0.25) is 0 Å². The SMILES string of the molecule is CCCCCCc1ccc(C2=C(CCCC)C=C(c3ccc(CCCC)cc3)[N+]2=[N-])cc1. The van der Waals surface area contributed by atoms with Crippen LogP contribution in [0.25, 0.3) is 16.9 Å². The summed E-state index contributed by atoms with van der Waals surface area (Å²) in [4.78, 5) is 0. The monoisotopic (exact) mass is 428 g/mol. The van der Waals surface area contributed by atoms with Crippen molar-refractivity contribution in [2.45, 2.75) is 91.4 Å². The zero-order chi connectivity index (χ0) is 22.8. The van der Waals surface area contributed by atoms with Crippen molar-refractivity contribution in [3.05, 3.63) is 88.0 Å². The van der Waals surface area contributed by atoms with E-state index in [0.29, 0.717) is 0 Å². The van der Waals surface area contributed by atoms with E-state index in [1.807, 2.05) is 0 Å². The third kappa shape index (κ3) is 6.28. The van der Waals surface area contributed by atoms with Gasteiger partial charge in [-0.15, -0.1) is 0 Å². The summed E-state index contributed by atoms with van der Waals surface area (Å²) in [7, 11) is 0. The van der Waals surface area contributed by atoms with Crippen LogP contribution in [-0.4, -0.2) is 4.70 Å². The minimum absolute atomic E-state index is 0.886. The standard InChI is InChI=1S/C30H40N2/c1-4-7-10-11-13-25-17-21-27(22-18-25)30-28(14-9-6-3)23-29(32(30)31)26-19-15-24(16-20-26)12-8-5-2/h15-23H,4-14H2,1-3H3. The van der Waals surface area contributed by atoms with Gasteiger partial charge in [-0.1, -0.05) is 77.1 Å². The highest BCUT2D eigenvalue weighted by Crippen LogP contribution is 2.37. The van der Waals surface area contributed by atoms with Gasteiger partial charge in [0.05, 0.1) is 0 Å². The average molecular weight is 429 g/mol. The molecule has 0 amide bonds. The van der Waals surface area contributed by atoms with Crippen LogP contribution < -0.4 is 0 Å². The van der Waals surface area contributed by atoms with Gasteiger partial charge in [-0.2, -0.15) is 0 Å². The van der Waals surface area contributed by atoms with Crippen molar-refractivity contribution >= 4 is 11.4 Å². The van der Waals surface area contributed by atoms with Crippen molar-refractivity contribution in [3.8, 4) is 0 Å². The number of hydrogen-bond acceptors (Lipinski definition) is 0. The molecular formula is C30H40N2. The smallest absolute Gasteiger partial charge is 0.210 e. The Morgan fingerprint density at radius 2 is 1.12 bits per heavy atom. The largest absolute Gasteiger partial charge is 0.493 e.